The summed E-state index contributed by atoms with van der Waals surface area (Å²) in [6, 6.07) is 7.83. The first kappa shape index (κ1) is 18.8. The number of ether oxygens (including phenoxy) is 1. The lowest BCUT2D eigenvalue weighted by Crippen LogP contribution is -2.42. The van der Waals surface area contributed by atoms with E-state index in [0.717, 1.165) is 44.7 Å². The van der Waals surface area contributed by atoms with Crippen LogP contribution in [-0.4, -0.2) is 58.6 Å². The lowest BCUT2D eigenvalue weighted by molar-refractivity contribution is -0.157. The Morgan fingerprint density at radius 1 is 1.18 bits per heavy atom. The zero-order chi connectivity index (χ0) is 19.4. The van der Waals surface area contributed by atoms with Gasteiger partial charge in [0.2, 0.25) is 5.95 Å². The molecule has 0 aromatic carbocycles. The SMILES string of the molecule is CCOC(=O)[C@]12CCCN(Cc3ccccn3)C[C@H]1CN(c1ncccn1)C2. The summed E-state index contributed by atoms with van der Waals surface area (Å²) in [5.74, 6) is 0.801. The third kappa shape index (κ3) is 3.71. The highest BCUT2D eigenvalue weighted by atomic mass is 16.5. The maximum Gasteiger partial charge on any atom is 0.314 e. The molecular formula is C21H27N5O2. The van der Waals surface area contributed by atoms with Crippen molar-refractivity contribution in [1.82, 2.24) is 19.9 Å². The van der Waals surface area contributed by atoms with Gasteiger partial charge in [-0.05, 0) is 44.5 Å². The average Bonchev–Trinajstić information content (AvgIpc) is 3.00. The normalized spacial score (nSPS) is 25.2. The maximum absolute atomic E-state index is 13.1. The topological polar surface area (TPSA) is 71.5 Å². The highest BCUT2D eigenvalue weighted by molar-refractivity contribution is 5.79. The number of carbonyl (C=O) groups excluding carboxylic acids is 1. The van der Waals surface area contributed by atoms with Crippen LogP contribution in [0.2, 0.25) is 0 Å². The Hall–Kier alpha value is -2.54. The molecule has 2 fully saturated rings. The van der Waals surface area contributed by atoms with Crippen LogP contribution in [0, 0.1) is 11.3 Å². The predicted octanol–water partition coefficient (Wildman–Crippen LogP) is 2.15. The van der Waals surface area contributed by atoms with Crippen molar-refractivity contribution in [1.29, 1.82) is 0 Å². The smallest absolute Gasteiger partial charge is 0.314 e. The van der Waals surface area contributed by atoms with Crippen LogP contribution in [0.5, 0.6) is 0 Å². The van der Waals surface area contributed by atoms with E-state index in [1.807, 2.05) is 31.3 Å². The van der Waals surface area contributed by atoms with Crippen LogP contribution in [0.4, 0.5) is 5.95 Å². The second-order valence-electron chi connectivity index (χ2n) is 7.66. The van der Waals surface area contributed by atoms with Crippen molar-refractivity contribution in [2.24, 2.45) is 11.3 Å². The van der Waals surface area contributed by atoms with Crippen LogP contribution in [-0.2, 0) is 16.1 Å². The van der Waals surface area contributed by atoms with Gasteiger partial charge in [0, 0.05) is 50.7 Å². The lowest BCUT2D eigenvalue weighted by atomic mass is 9.75. The number of aromatic nitrogens is 3. The quantitative estimate of drug-likeness (QED) is 0.735. The monoisotopic (exact) mass is 381 g/mol. The van der Waals surface area contributed by atoms with Gasteiger partial charge in [0.25, 0.3) is 0 Å². The molecule has 4 rings (SSSR count). The minimum absolute atomic E-state index is 0.0712. The van der Waals surface area contributed by atoms with E-state index in [-0.39, 0.29) is 11.9 Å². The van der Waals surface area contributed by atoms with Gasteiger partial charge in [-0.15, -0.1) is 0 Å². The molecule has 0 saturated carbocycles. The third-order valence-corrected chi connectivity index (χ3v) is 5.90. The summed E-state index contributed by atoms with van der Waals surface area (Å²) in [6.07, 6.45) is 7.13. The van der Waals surface area contributed by atoms with Gasteiger partial charge in [0.1, 0.15) is 0 Å². The van der Waals surface area contributed by atoms with Gasteiger partial charge < -0.3 is 9.64 Å². The lowest BCUT2D eigenvalue weighted by Gasteiger charge is -2.31. The fourth-order valence-corrected chi connectivity index (χ4v) is 4.59. The molecule has 0 N–H and O–H groups in total. The predicted molar refractivity (Wildman–Crippen MR) is 106 cm³/mol. The summed E-state index contributed by atoms with van der Waals surface area (Å²) in [4.78, 5) is 30.9. The van der Waals surface area contributed by atoms with Crippen LogP contribution in [0.15, 0.2) is 42.9 Å². The number of carbonyl (C=O) groups is 1. The van der Waals surface area contributed by atoms with Crippen molar-refractivity contribution in [3.05, 3.63) is 48.5 Å². The number of rotatable bonds is 5. The fraction of sp³-hybridized carbons (Fsp3) is 0.524. The van der Waals surface area contributed by atoms with E-state index in [1.165, 1.54) is 0 Å². The number of anilines is 1. The summed E-state index contributed by atoms with van der Waals surface area (Å²) in [5, 5.41) is 0. The molecule has 0 unspecified atom stereocenters. The van der Waals surface area contributed by atoms with Gasteiger partial charge in [-0.1, -0.05) is 6.07 Å². The van der Waals surface area contributed by atoms with Crippen molar-refractivity contribution >= 4 is 11.9 Å². The summed E-state index contributed by atoms with van der Waals surface area (Å²) < 4.78 is 5.54. The highest BCUT2D eigenvalue weighted by Gasteiger charge is 2.54. The third-order valence-electron chi connectivity index (χ3n) is 5.90. The fourth-order valence-electron chi connectivity index (χ4n) is 4.59. The number of fused-ring (bicyclic) bond motifs is 1. The van der Waals surface area contributed by atoms with Crippen LogP contribution >= 0.6 is 0 Å². The van der Waals surface area contributed by atoms with Crippen LogP contribution in [0.3, 0.4) is 0 Å². The molecule has 0 radical (unpaired) electrons. The Balaban J connectivity index is 1.58. The molecule has 7 nitrogen and oxygen atoms in total. The number of hydrogen-bond donors (Lipinski definition) is 0. The highest BCUT2D eigenvalue weighted by Crippen LogP contribution is 2.44. The minimum Gasteiger partial charge on any atom is -0.466 e. The zero-order valence-corrected chi connectivity index (χ0v) is 16.3. The number of pyridine rings is 1. The Morgan fingerprint density at radius 2 is 2.00 bits per heavy atom. The van der Waals surface area contributed by atoms with Gasteiger partial charge in [-0.25, -0.2) is 9.97 Å². The van der Waals surface area contributed by atoms with E-state index in [9.17, 15) is 4.79 Å². The van der Waals surface area contributed by atoms with Crippen LogP contribution in [0.25, 0.3) is 0 Å². The molecule has 7 heteroatoms. The van der Waals surface area contributed by atoms with E-state index in [1.54, 1.807) is 12.4 Å². The Labute approximate surface area is 165 Å². The molecule has 0 spiro atoms. The summed E-state index contributed by atoms with van der Waals surface area (Å²) in [6.45, 7) is 6.29. The summed E-state index contributed by atoms with van der Waals surface area (Å²) in [5.41, 5.74) is 0.570. The number of hydrogen-bond acceptors (Lipinski definition) is 7. The number of esters is 1. The summed E-state index contributed by atoms with van der Waals surface area (Å²) >= 11 is 0. The molecule has 2 saturated heterocycles. The number of nitrogens with zero attached hydrogens (tertiary/aromatic N) is 5. The van der Waals surface area contributed by atoms with Crippen molar-refractivity contribution < 1.29 is 9.53 Å². The molecule has 2 aliphatic rings. The van der Waals surface area contributed by atoms with Gasteiger partial charge >= 0.3 is 5.97 Å². The first-order valence-corrected chi connectivity index (χ1v) is 10.0. The molecular weight excluding hydrogens is 354 g/mol. The second kappa shape index (κ2) is 8.22. The standard InChI is InChI=1S/C21H27N5O2/c1-2-28-19(27)21-8-5-12-25(15-18-7-3-4-9-22-18)13-17(21)14-26(16-21)20-23-10-6-11-24-20/h3-4,6-7,9-11,17H,2,5,8,12-16H2,1H3/t17-,21-/m0/s1. The van der Waals surface area contributed by atoms with E-state index in [0.29, 0.717) is 19.1 Å². The van der Waals surface area contributed by atoms with Gasteiger partial charge in [-0.3, -0.25) is 14.7 Å². The van der Waals surface area contributed by atoms with Crippen molar-refractivity contribution in [2.75, 3.05) is 37.7 Å². The molecule has 0 amide bonds. The molecule has 148 valence electrons. The number of likely N-dealkylation sites (tertiary alicyclic amines) is 1. The van der Waals surface area contributed by atoms with Crippen LogP contribution in [0.1, 0.15) is 25.5 Å². The van der Waals surface area contributed by atoms with E-state index >= 15 is 0 Å². The van der Waals surface area contributed by atoms with E-state index < -0.39 is 5.41 Å². The van der Waals surface area contributed by atoms with Gasteiger partial charge in [0.15, 0.2) is 0 Å². The van der Waals surface area contributed by atoms with Crippen molar-refractivity contribution in [3.63, 3.8) is 0 Å². The molecule has 0 aliphatic carbocycles. The minimum atomic E-state index is -0.492. The molecule has 0 bridgehead atoms. The van der Waals surface area contributed by atoms with Crippen molar-refractivity contribution in [2.45, 2.75) is 26.3 Å². The Morgan fingerprint density at radius 3 is 2.75 bits per heavy atom. The zero-order valence-electron chi connectivity index (χ0n) is 16.3. The van der Waals surface area contributed by atoms with E-state index in [2.05, 4.69) is 30.8 Å². The molecule has 2 aromatic rings. The average molecular weight is 381 g/mol. The first-order chi connectivity index (χ1) is 13.7. The maximum atomic E-state index is 13.1. The van der Waals surface area contributed by atoms with Crippen LogP contribution < -0.4 is 4.90 Å². The summed E-state index contributed by atoms with van der Waals surface area (Å²) in [7, 11) is 0. The van der Waals surface area contributed by atoms with Gasteiger partial charge in [-0.2, -0.15) is 0 Å². The Bertz CT molecular complexity index is 788. The van der Waals surface area contributed by atoms with Crippen molar-refractivity contribution in [3.8, 4) is 0 Å². The second-order valence-corrected chi connectivity index (χ2v) is 7.66. The molecule has 2 atom stereocenters. The van der Waals surface area contributed by atoms with E-state index in [4.69, 9.17) is 4.74 Å². The molecule has 2 aromatic heterocycles. The molecule has 2 aliphatic heterocycles. The van der Waals surface area contributed by atoms with Gasteiger partial charge in [0.05, 0.1) is 17.7 Å². The largest absolute Gasteiger partial charge is 0.466 e. The molecule has 28 heavy (non-hydrogen) atoms. The Kier molecular flexibility index (Phi) is 5.52. The molecule has 4 heterocycles. The first-order valence-electron chi connectivity index (χ1n) is 10.0.